The van der Waals surface area contributed by atoms with E-state index in [1.165, 1.54) is 19.2 Å². The molecule has 1 heterocycles. The molecule has 2 aromatic rings. The highest BCUT2D eigenvalue weighted by atomic mass is 32.2. The number of amides is 1. The fourth-order valence-electron chi connectivity index (χ4n) is 2.86. The third kappa shape index (κ3) is 3.87. The minimum atomic E-state index is -4.07. The molecule has 1 aliphatic heterocycles. The molecular weight excluding hydrogens is 372 g/mol. The minimum absolute atomic E-state index is 0.0341. The zero-order chi connectivity index (χ0) is 19.6. The zero-order valence-corrected chi connectivity index (χ0v) is 15.3. The van der Waals surface area contributed by atoms with Crippen LogP contribution in [0.1, 0.15) is 23.2 Å². The van der Waals surface area contributed by atoms with Crippen LogP contribution in [0.3, 0.4) is 0 Å². The first-order valence-corrected chi connectivity index (χ1v) is 9.65. The quantitative estimate of drug-likeness (QED) is 0.783. The Morgan fingerprint density at radius 3 is 2.44 bits per heavy atom. The number of ether oxygens (including phenoxy) is 1. The molecule has 142 valence electrons. The number of hydrogen-bond acceptors (Lipinski definition) is 5. The predicted octanol–water partition coefficient (Wildman–Crippen LogP) is 2.32. The summed E-state index contributed by atoms with van der Waals surface area (Å²) in [7, 11) is -2.77. The Bertz CT molecular complexity index is 985. The van der Waals surface area contributed by atoms with Crippen molar-refractivity contribution in [3.8, 4) is 5.75 Å². The summed E-state index contributed by atoms with van der Waals surface area (Å²) in [5.41, 5.74) is 0.818. The van der Waals surface area contributed by atoms with Crippen LogP contribution in [-0.2, 0) is 14.8 Å². The predicted molar refractivity (Wildman–Crippen MR) is 98.8 cm³/mol. The first-order valence-electron chi connectivity index (χ1n) is 8.16. The molecule has 0 spiro atoms. The van der Waals surface area contributed by atoms with Gasteiger partial charge in [0.05, 0.1) is 12.7 Å². The van der Waals surface area contributed by atoms with Crippen molar-refractivity contribution in [3.05, 3.63) is 48.0 Å². The van der Waals surface area contributed by atoms with E-state index in [0.29, 0.717) is 18.7 Å². The van der Waals surface area contributed by atoms with Crippen molar-refractivity contribution < 1.29 is 27.9 Å². The van der Waals surface area contributed by atoms with Gasteiger partial charge in [-0.2, -0.15) is 0 Å². The van der Waals surface area contributed by atoms with Crippen LogP contribution in [0, 0.1) is 0 Å². The molecule has 0 aliphatic carbocycles. The van der Waals surface area contributed by atoms with Crippen LogP contribution in [0.15, 0.2) is 47.4 Å². The number of sulfonamides is 1. The van der Waals surface area contributed by atoms with Gasteiger partial charge in [0.15, 0.2) is 0 Å². The standard InChI is InChI=1S/C18H18N2O6S/c1-26-15-9-4-12(18(22)23)11-16(15)27(24,25)19-13-5-7-14(8-6-13)20-10-2-3-17(20)21/h4-9,11,19H,2-3,10H2,1H3,(H,22,23). The molecule has 0 saturated carbocycles. The Kier molecular flexibility index (Phi) is 5.04. The van der Waals surface area contributed by atoms with E-state index in [1.807, 2.05) is 0 Å². The Balaban J connectivity index is 1.87. The number of anilines is 2. The molecule has 3 rings (SSSR count). The van der Waals surface area contributed by atoms with Gasteiger partial charge in [-0.15, -0.1) is 0 Å². The summed E-state index contributed by atoms with van der Waals surface area (Å²) < 4.78 is 32.8. The monoisotopic (exact) mass is 390 g/mol. The van der Waals surface area contributed by atoms with Crippen LogP contribution in [-0.4, -0.2) is 39.1 Å². The van der Waals surface area contributed by atoms with Crippen molar-refractivity contribution in [2.75, 3.05) is 23.3 Å². The van der Waals surface area contributed by atoms with Crippen LogP contribution >= 0.6 is 0 Å². The number of carbonyl (C=O) groups is 2. The fraction of sp³-hybridized carbons (Fsp3) is 0.222. The summed E-state index contributed by atoms with van der Waals surface area (Å²) in [6.07, 6.45) is 1.31. The van der Waals surface area contributed by atoms with E-state index in [0.717, 1.165) is 12.5 Å². The van der Waals surface area contributed by atoms with Crippen molar-refractivity contribution in [1.29, 1.82) is 0 Å². The van der Waals surface area contributed by atoms with Crippen LogP contribution in [0.25, 0.3) is 0 Å². The molecule has 0 atom stereocenters. The van der Waals surface area contributed by atoms with Crippen molar-refractivity contribution in [2.24, 2.45) is 0 Å². The van der Waals surface area contributed by atoms with E-state index in [9.17, 15) is 18.0 Å². The molecular formula is C18H18N2O6S. The number of carboxylic acids is 1. The first-order chi connectivity index (χ1) is 12.8. The fourth-order valence-corrected chi connectivity index (χ4v) is 4.12. The molecule has 1 amide bonds. The van der Waals surface area contributed by atoms with Crippen molar-refractivity contribution >= 4 is 33.3 Å². The Morgan fingerprint density at radius 2 is 1.89 bits per heavy atom. The van der Waals surface area contributed by atoms with E-state index < -0.39 is 16.0 Å². The molecule has 2 aromatic carbocycles. The summed E-state index contributed by atoms with van der Waals surface area (Å²) in [4.78, 5) is 24.3. The average Bonchev–Trinajstić information content (AvgIpc) is 3.07. The molecule has 1 aliphatic rings. The maximum atomic E-state index is 12.7. The summed E-state index contributed by atoms with van der Waals surface area (Å²) in [6, 6.07) is 10.0. The van der Waals surface area contributed by atoms with E-state index >= 15 is 0 Å². The van der Waals surface area contributed by atoms with Crippen LogP contribution < -0.4 is 14.4 Å². The highest BCUT2D eigenvalue weighted by molar-refractivity contribution is 7.92. The SMILES string of the molecule is COc1ccc(C(=O)O)cc1S(=O)(=O)Nc1ccc(N2CCCC2=O)cc1. The van der Waals surface area contributed by atoms with Crippen molar-refractivity contribution in [3.63, 3.8) is 0 Å². The molecule has 0 aromatic heterocycles. The van der Waals surface area contributed by atoms with Gasteiger partial charge in [-0.3, -0.25) is 9.52 Å². The maximum absolute atomic E-state index is 12.7. The summed E-state index contributed by atoms with van der Waals surface area (Å²) in [5, 5.41) is 9.10. The number of hydrogen-bond donors (Lipinski definition) is 2. The van der Waals surface area contributed by atoms with Crippen LogP contribution in [0.2, 0.25) is 0 Å². The second-order valence-electron chi connectivity index (χ2n) is 5.97. The number of benzene rings is 2. The van der Waals surface area contributed by atoms with Crippen LogP contribution in [0.5, 0.6) is 5.75 Å². The number of carbonyl (C=O) groups excluding carboxylic acids is 1. The number of carboxylic acid groups (broad SMARTS) is 1. The molecule has 1 saturated heterocycles. The largest absolute Gasteiger partial charge is 0.495 e. The molecule has 2 N–H and O–H groups in total. The minimum Gasteiger partial charge on any atom is -0.495 e. The lowest BCUT2D eigenvalue weighted by molar-refractivity contribution is -0.117. The van der Waals surface area contributed by atoms with E-state index in [4.69, 9.17) is 9.84 Å². The lowest BCUT2D eigenvalue weighted by Crippen LogP contribution is -2.23. The van der Waals surface area contributed by atoms with Gasteiger partial charge in [0.1, 0.15) is 10.6 Å². The molecule has 8 nitrogen and oxygen atoms in total. The Hall–Kier alpha value is -3.07. The smallest absolute Gasteiger partial charge is 0.335 e. The topological polar surface area (TPSA) is 113 Å². The van der Waals surface area contributed by atoms with Gasteiger partial charge >= 0.3 is 5.97 Å². The Labute approximate surface area is 156 Å². The van der Waals surface area contributed by atoms with Gasteiger partial charge in [0.2, 0.25) is 5.91 Å². The lowest BCUT2D eigenvalue weighted by Gasteiger charge is -2.16. The summed E-state index contributed by atoms with van der Waals surface area (Å²) in [6.45, 7) is 0.642. The summed E-state index contributed by atoms with van der Waals surface area (Å²) in [5.74, 6) is -1.17. The number of rotatable bonds is 6. The number of nitrogens with zero attached hydrogens (tertiary/aromatic N) is 1. The highest BCUT2D eigenvalue weighted by Crippen LogP contribution is 2.28. The van der Waals surface area contributed by atoms with Crippen molar-refractivity contribution in [2.45, 2.75) is 17.7 Å². The summed E-state index contributed by atoms with van der Waals surface area (Å²) >= 11 is 0. The number of methoxy groups -OCH3 is 1. The van der Waals surface area contributed by atoms with Gasteiger partial charge < -0.3 is 14.7 Å². The van der Waals surface area contributed by atoms with Crippen molar-refractivity contribution in [1.82, 2.24) is 0 Å². The number of nitrogens with one attached hydrogen (secondary N) is 1. The maximum Gasteiger partial charge on any atom is 0.335 e. The first kappa shape index (κ1) is 18.7. The van der Waals surface area contributed by atoms with Gasteiger partial charge in [-0.25, -0.2) is 13.2 Å². The molecule has 0 bridgehead atoms. The van der Waals surface area contributed by atoms with E-state index in [-0.39, 0.29) is 27.8 Å². The van der Waals surface area contributed by atoms with Crippen LogP contribution in [0.4, 0.5) is 11.4 Å². The van der Waals surface area contributed by atoms with E-state index in [2.05, 4.69) is 4.72 Å². The molecule has 27 heavy (non-hydrogen) atoms. The zero-order valence-electron chi connectivity index (χ0n) is 14.5. The second-order valence-corrected chi connectivity index (χ2v) is 7.62. The van der Waals surface area contributed by atoms with E-state index in [1.54, 1.807) is 29.2 Å². The van der Waals surface area contributed by atoms with Gasteiger partial charge in [-0.05, 0) is 48.9 Å². The number of aromatic carboxylic acids is 1. The molecule has 0 unspecified atom stereocenters. The average molecular weight is 390 g/mol. The highest BCUT2D eigenvalue weighted by Gasteiger charge is 2.23. The molecule has 0 radical (unpaired) electrons. The third-order valence-electron chi connectivity index (χ3n) is 4.20. The third-order valence-corrected chi connectivity index (χ3v) is 5.61. The second kappa shape index (κ2) is 7.28. The lowest BCUT2D eigenvalue weighted by atomic mass is 10.2. The van der Waals surface area contributed by atoms with Gasteiger partial charge in [0.25, 0.3) is 10.0 Å². The molecule has 9 heteroatoms. The van der Waals surface area contributed by atoms with Gasteiger partial charge in [-0.1, -0.05) is 0 Å². The van der Waals surface area contributed by atoms with Gasteiger partial charge in [0, 0.05) is 24.3 Å². The molecule has 1 fully saturated rings. The normalized spacial score (nSPS) is 14.3. The Morgan fingerprint density at radius 1 is 1.19 bits per heavy atom.